The highest BCUT2D eigenvalue weighted by Gasteiger charge is 2.65. The Kier molecular flexibility index (Phi) is 3.74. The van der Waals surface area contributed by atoms with Gasteiger partial charge in [-0.3, -0.25) is 0 Å². The summed E-state index contributed by atoms with van der Waals surface area (Å²) in [7, 11) is 0. The Balaban J connectivity index is 1.74. The quantitative estimate of drug-likeness (QED) is 0.766. The van der Waals surface area contributed by atoms with Crippen LogP contribution in [0.5, 0.6) is 0 Å². The van der Waals surface area contributed by atoms with Crippen LogP contribution >= 0.6 is 15.9 Å². The van der Waals surface area contributed by atoms with Crippen molar-refractivity contribution in [1.82, 2.24) is 5.16 Å². The van der Waals surface area contributed by atoms with Crippen molar-refractivity contribution in [3.8, 4) is 0 Å². The summed E-state index contributed by atoms with van der Waals surface area (Å²) in [5.74, 6) is 1.31. The Hall–Kier alpha value is -0.390. The summed E-state index contributed by atoms with van der Waals surface area (Å²) in [6, 6.07) is 0. The van der Waals surface area contributed by atoms with Gasteiger partial charge in [0.1, 0.15) is 5.76 Å². The van der Waals surface area contributed by atoms with E-state index >= 15 is 0 Å². The highest BCUT2D eigenvalue weighted by Crippen LogP contribution is 2.57. The van der Waals surface area contributed by atoms with Crippen LogP contribution in [0.15, 0.2) is 4.52 Å². The number of aryl methyl sites for hydroxylation is 2. The topological polar surface area (TPSA) is 44.5 Å². The van der Waals surface area contributed by atoms with Crippen LogP contribution in [0.3, 0.4) is 0 Å². The van der Waals surface area contributed by atoms with Crippen molar-refractivity contribution in [3.05, 3.63) is 17.0 Å². The van der Waals surface area contributed by atoms with Gasteiger partial charge in [0, 0.05) is 16.8 Å². The smallest absolute Gasteiger partial charge is 0.139 e. The minimum absolute atomic E-state index is 0.0991. The summed E-state index contributed by atoms with van der Waals surface area (Å²) >= 11 is 3.82. The first-order valence-corrected chi connectivity index (χ1v) is 8.57. The van der Waals surface area contributed by atoms with E-state index in [1.807, 2.05) is 13.8 Å². The minimum Gasteiger partial charge on any atom is -0.370 e. The second-order valence-electron chi connectivity index (χ2n) is 7.00. The van der Waals surface area contributed by atoms with Crippen LogP contribution in [0.4, 0.5) is 0 Å². The van der Waals surface area contributed by atoms with Crippen molar-refractivity contribution in [3.63, 3.8) is 0 Å². The van der Waals surface area contributed by atoms with Gasteiger partial charge in [-0.25, -0.2) is 0 Å². The van der Waals surface area contributed by atoms with Crippen molar-refractivity contribution in [2.45, 2.75) is 76.2 Å². The molecule has 2 aliphatic heterocycles. The number of nitrogens with zero attached hydrogens (tertiary/aromatic N) is 1. The molecule has 2 bridgehead atoms. The normalized spacial score (nSPS) is 38.6. The van der Waals surface area contributed by atoms with Gasteiger partial charge >= 0.3 is 0 Å². The SMILES string of the molecule is Cc1noc(C)c1CO[C@H]1C[C@@]2(C(C)C)O[C@]1(C)C[C@H]2Br. The van der Waals surface area contributed by atoms with E-state index in [2.05, 4.69) is 41.9 Å². The molecule has 21 heavy (non-hydrogen) atoms. The average Bonchev–Trinajstić information content (AvgIpc) is 2.96. The minimum atomic E-state index is -0.197. The fraction of sp³-hybridized carbons (Fsp3) is 0.812. The highest BCUT2D eigenvalue weighted by molar-refractivity contribution is 9.09. The standard InChI is InChI=1S/C16H24BrNO3/c1-9(2)16-7-14(15(5,21-16)6-13(16)17)19-8-12-10(3)18-20-11(12)4/h9,13-14H,6-8H2,1-5H3/t13-,14+,15-,16+/m1/s1. The number of aromatic nitrogens is 1. The maximum Gasteiger partial charge on any atom is 0.139 e. The summed E-state index contributed by atoms with van der Waals surface area (Å²) in [5, 5.41) is 3.99. The molecule has 0 amide bonds. The van der Waals surface area contributed by atoms with Gasteiger partial charge in [0.2, 0.25) is 0 Å². The van der Waals surface area contributed by atoms with Crippen LogP contribution in [0.25, 0.3) is 0 Å². The van der Waals surface area contributed by atoms with E-state index in [4.69, 9.17) is 14.0 Å². The molecule has 0 N–H and O–H groups in total. The number of rotatable bonds is 4. The van der Waals surface area contributed by atoms with Gasteiger partial charge in [-0.2, -0.15) is 0 Å². The third-order valence-electron chi connectivity index (χ3n) is 5.31. The summed E-state index contributed by atoms with van der Waals surface area (Å²) in [5.41, 5.74) is 1.68. The summed E-state index contributed by atoms with van der Waals surface area (Å²) in [6.45, 7) is 11.1. The molecule has 5 heteroatoms. The van der Waals surface area contributed by atoms with Crippen molar-refractivity contribution in [2.75, 3.05) is 0 Å². The summed E-state index contributed by atoms with van der Waals surface area (Å²) in [6.07, 6.45) is 2.07. The van der Waals surface area contributed by atoms with Crippen LogP contribution in [0, 0.1) is 19.8 Å². The van der Waals surface area contributed by atoms with E-state index in [0.717, 1.165) is 29.9 Å². The summed E-state index contributed by atoms with van der Waals surface area (Å²) < 4.78 is 17.9. The second kappa shape index (κ2) is 5.07. The average molecular weight is 358 g/mol. The molecule has 3 rings (SSSR count). The summed E-state index contributed by atoms with van der Waals surface area (Å²) in [4.78, 5) is 0.411. The van der Waals surface area contributed by atoms with E-state index in [-0.39, 0.29) is 17.3 Å². The molecule has 118 valence electrons. The lowest BCUT2D eigenvalue weighted by Gasteiger charge is -2.35. The van der Waals surface area contributed by atoms with Gasteiger partial charge in [0.25, 0.3) is 0 Å². The molecule has 0 unspecified atom stereocenters. The van der Waals surface area contributed by atoms with Crippen molar-refractivity contribution in [2.24, 2.45) is 5.92 Å². The Bertz CT molecular complexity index is 524. The fourth-order valence-corrected chi connectivity index (χ4v) is 5.23. The maximum atomic E-state index is 6.45. The molecule has 0 aliphatic carbocycles. The lowest BCUT2D eigenvalue weighted by atomic mass is 9.75. The van der Waals surface area contributed by atoms with Crippen LogP contribution < -0.4 is 0 Å². The third kappa shape index (κ3) is 2.28. The molecule has 1 aromatic heterocycles. The van der Waals surface area contributed by atoms with Gasteiger partial charge in [-0.05, 0) is 33.1 Å². The Labute approximate surface area is 134 Å². The number of ether oxygens (including phenoxy) is 2. The van der Waals surface area contributed by atoms with Crippen molar-refractivity contribution >= 4 is 15.9 Å². The van der Waals surface area contributed by atoms with E-state index in [1.165, 1.54) is 0 Å². The molecule has 2 fully saturated rings. The molecule has 4 nitrogen and oxygen atoms in total. The van der Waals surface area contributed by atoms with Crippen LogP contribution in [0.2, 0.25) is 0 Å². The van der Waals surface area contributed by atoms with Gasteiger partial charge in [-0.15, -0.1) is 0 Å². The highest BCUT2D eigenvalue weighted by atomic mass is 79.9. The lowest BCUT2D eigenvalue weighted by Crippen LogP contribution is -2.44. The molecule has 3 heterocycles. The molecule has 0 aromatic carbocycles. The molecule has 4 atom stereocenters. The molecule has 2 saturated heterocycles. The van der Waals surface area contributed by atoms with E-state index in [0.29, 0.717) is 17.4 Å². The predicted octanol–water partition coefficient (Wildman–Crippen LogP) is 3.92. The fourth-order valence-electron chi connectivity index (χ4n) is 3.78. The van der Waals surface area contributed by atoms with Crippen LogP contribution in [-0.2, 0) is 16.1 Å². The van der Waals surface area contributed by atoms with Crippen molar-refractivity contribution in [1.29, 1.82) is 0 Å². The Morgan fingerprint density at radius 3 is 2.62 bits per heavy atom. The van der Waals surface area contributed by atoms with Crippen LogP contribution in [-0.4, -0.2) is 27.3 Å². The largest absolute Gasteiger partial charge is 0.370 e. The number of fused-ring (bicyclic) bond motifs is 2. The second-order valence-corrected chi connectivity index (χ2v) is 8.11. The monoisotopic (exact) mass is 357 g/mol. The van der Waals surface area contributed by atoms with E-state index in [1.54, 1.807) is 0 Å². The molecule has 0 radical (unpaired) electrons. The number of halogens is 1. The predicted molar refractivity (Wildman–Crippen MR) is 83.6 cm³/mol. The first-order valence-electron chi connectivity index (χ1n) is 7.66. The molecule has 0 spiro atoms. The van der Waals surface area contributed by atoms with Crippen molar-refractivity contribution < 1.29 is 14.0 Å². The van der Waals surface area contributed by atoms with E-state index < -0.39 is 0 Å². The first-order chi connectivity index (χ1) is 9.78. The molecule has 1 aromatic rings. The first kappa shape index (κ1) is 15.5. The third-order valence-corrected chi connectivity index (χ3v) is 6.41. The van der Waals surface area contributed by atoms with E-state index in [9.17, 15) is 0 Å². The number of alkyl halides is 1. The Morgan fingerprint density at radius 1 is 1.38 bits per heavy atom. The Morgan fingerprint density at radius 2 is 2.10 bits per heavy atom. The van der Waals surface area contributed by atoms with Gasteiger partial charge in [0.15, 0.2) is 0 Å². The molecular formula is C16H24BrNO3. The van der Waals surface area contributed by atoms with Gasteiger partial charge in [0.05, 0.1) is 29.6 Å². The molecule has 2 aliphatic rings. The lowest BCUT2D eigenvalue weighted by molar-refractivity contribution is -0.0956. The zero-order valence-corrected chi connectivity index (χ0v) is 15.0. The zero-order chi connectivity index (χ0) is 15.4. The van der Waals surface area contributed by atoms with Crippen LogP contribution in [0.1, 0.15) is 50.6 Å². The number of hydrogen-bond donors (Lipinski definition) is 0. The maximum absolute atomic E-state index is 6.45. The zero-order valence-electron chi connectivity index (χ0n) is 13.4. The number of hydrogen-bond acceptors (Lipinski definition) is 4. The molecular weight excluding hydrogens is 334 g/mol. The molecule has 0 saturated carbocycles. The van der Waals surface area contributed by atoms with Gasteiger partial charge in [-0.1, -0.05) is 34.9 Å². The van der Waals surface area contributed by atoms with Gasteiger partial charge < -0.3 is 14.0 Å².